The summed E-state index contributed by atoms with van der Waals surface area (Å²) in [5.74, 6) is -0.717. The molecule has 0 spiro atoms. The summed E-state index contributed by atoms with van der Waals surface area (Å²) < 4.78 is 0. The maximum Gasteiger partial charge on any atom is 0.271 e. The van der Waals surface area contributed by atoms with E-state index in [1.807, 2.05) is 72.8 Å². The van der Waals surface area contributed by atoms with Gasteiger partial charge in [-0.3, -0.25) is 20.4 Å². The lowest BCUT2D eigenvalue weighted by molar-refractivity contribution is 0.0847. The second-order valence-electron chi connectivity index (χ2n) is 6.48. The molecule has 0 saturated carbocycles. The number of aromatic nitrogens is 1. The molecule has 4 aromatic rings. The van der Waals surface area contributed by atoms with Crippen LogP contribution < -0.4 is 10.9 Å². The first kappa shape index (κ1) is 17.5. The molecule has 28 heavy (non-hydrogen) atoms. The van der Waals surface area contributed by atoms with Gasteiger partial charge < -0.3 is 4.98 Å². The molecule has 0 fully saturated rings. The van der Waals surface area contributed by atoms with Crippen molar-refractivity contribution in [2.75, 3.05) is 0 Å². The van der Waals surface area contributed by atoms with E-state index in [9.17, 15) is 9.59 Å². The number of hydrogen-bond donors (Lipinski definition) is 3. The molecule has 2 amide bonds. The lowest BCUT2D eigenvalue weighted by Crippen LogP contribution is -2.41. The average Bonchev–Trinajstić information content (AvgIpc) is 3.17. The number of aromatic amines is 1. The Labute approximate surface area is 162 Å². The molecule has 0 bridgehead atoms. The van der Waals surface area contributed by atoms with E-state index < -0.39 is 0 Å². The van der Waals surface area contributed by atoms with Crippen LogP contribution in [0.15, 0.2) is 85.1 Å². The average molecular weight is 369 g/mol. The highest BCUT2D eigenvalue weighted by molar-refractivity contribution is 6.07. The number of para-hydroxylation sites is 1. The summed E-state index contributed by atoms with van der Waals surface area (Å²) in [4.78, 5) is 28.2. The Hall–Kier alpha value is -3.86. The Bertz CT molecular complexity index is 1130. The second kappa shape index (κ2) is 7.80. The molecular formula is C23H19N3O2. The van der Waals surface area contributed by atoms with Crippen molar-refractivity contribution in [3.8, 4) is 0 Å². The van der Waals surface area contributed by atoms with Crippen molar-refractivity contribution >= 4 is 22.7 Å². The van der Waals surface area contributed by atoms with Crippen molar-refractivity contribution in [1.82, 2.24) is 15.8 Å². The van der Waals surface area contributed by atoms with E-state index in [1.54, 1.807) is 12.3 Å². The molecule has 0 aliphatic heterocycles. The number of H-pyrrole nitrogens is 1. The van der Waals surface area contributed by atoms with Crippen LogP contribution in [0.3, 0.4) is 0 Å². The number of nitrogens with one attached hydrogen (secondary N) is 3. The van der Waals surface area contributed by atoms with E-state index in [2.05, 4.69) is 15.8 Å². The van der Waals surface area contributed by atoms with Gasteiger partial charge in [-0.1, -0.05) is 66.7 Å². The highest BCUT2D eigenvalue weighted by Crippen LogP contribution is 2.17. The van der Waals surface area contributed by atoms with Crippen LogP contribution in [0.1, 0.15) is 31.8 Å². The van der Waals surface area contributed by atoms with Crippen molar-refractivity contribution in [2.45, 2.75) is 6.42 Å². The molecule has 138 valence electrons. The van der Waals surface area contributed by atoms with Gasteiger partial charge >= 0.3 is 0 Å². The van der Waals surface area contributed by atoms with Crippen LogP contribution >= 0.6 is 0 Å². The van der Waals surface area contributed by atoms with Crippen molar-refractivity contribution < 1.29 is 9.59 Å². The summed E-state index contributed by atoms with van der Waals surface area (Å²) in [7, 11) is 0. The van der Waals surface area contributed by atoms with Crippen LogP contribution in [0.25, 0.3) is 10.9 Å². The quantitative estimate of drug-likeness (QED) is 0.478. The maximum atomic E-state index is 12.7. The molecular weight excluding hydrogens is 350 g/mol. The summed E-state index contributed by atoms with van der Waals surface area (Å²) >= 11 is 0. The fraction of sp³-hybridized carbons (Fsp3) is 0.0435. The lowest BCUT2D eigenvalue weighted by Gasteiger charge is -2.11. The smallest absolute Gasteiger partial charge is 0.271 e. The highest BCUT2D eigenvalue weighted by Gasteiger charge is 2.15. The normalized spacial score (nSPS) is 10.6. The maximum absolute atomic E-state index is 12.7. The van der Waals surface area contributed by atoms with Gasteiger partial charge in [0.1, 0.15) is 0 Å². The van der Waals surface area contributed by atoms with Gasteiger partial charge in [-0.05, 0) is 29.7 Å². The lowest BCUT2D eigenvalue weighted by atomic mass is 9.99. The standard InChI is InChI=1S/C23H19N3O2/c27-22(18-11-5-4-10-17(18)14-16-8-2-1-3-9-16)25-26-23(28)20-15-24-21-13-7-6-12-19(20)21/h1-13,15,24H,14H2,(H,25,27)(H,26,28). The number of hydrazine groups is 1. The molecule has 3 aromatic carbocycles. The minimum atomic E-state index is -0.369. The van der Waals surface area contributed by atoms with Gasteiger partial charge in [0.2, 0.25) is 0 Å². The van der Waals surface area contributed by atoms with Gasteiger partial charge in [0.15, 0.2) is 0 Å². The van der Waals surface area contributed by atoms with E-state index in [-0.39, 0.29) is 11.8 Å². The predicted octanol–water partition coefficient (Wildman–Crippen LogP) is 3.83. The summed E-state index contributed by atoms with van der Waals surface area (Å²) in [5, 5.41) is 0.804. The van der Waals surface area contributed by atoms with Gasteiger partial charge in [0, 0.05) is 22.7 Å². The molecule has 0 atom stereocenters. The van der Waals surface area contributed by atoms with Gasteiger partial charge in [-0.15, -0.1) is 0 Å². The topological polar surface area (TPSA) is 74.0 Å². The number of carbonyl (C=O) groups excluding carboxylic acids is 2. The molecule has 4 rings (SSSR count). The SMILES string of the molecule is O=C(NNC(=O)c1c[nH]c2ccccc12)c1ccccc1Cc1ccccc1. The summed E-state index contributed by atoms with van der Waals surface area (Å²) in [6.45, 7) is 0. The molecule has 1 heterocycles. The number of benzene rings is 3. The number of rotatable bonds is 4. The Balaban J connectivity index is 1.48. The van der Waals surface area contributed by atoms with Gasteiger partial charge in [0.25, 0.3) is 11.8 Å². The van der Waals surface area contributed by atoms with Crippen molar-refractivity contribution in [3.05, 3.63) is 107 Å². The molecule has 0 unspecified atom stereocenters. The molecule has 3 N–H and O–H groups in total. The first-order valence-electron chi connectivity index (χ1n) is 9.01. The van der Waals surface area contributed by atoms with Crippen molar-refractivity contribution in [2.24, 2.45) is 0 Å². The minimum Gasteiger partial charge on any atom is -0.360 e. The molecule has 0 radical (unpaired) electrons. The van der Waals surface area contributed by atoms with Crippen LogP contribution in [-0.2, 0) is 6.42 Å². The van der Waals surface area contributed by atoms with Crippen LogP contribution in [0.5, 0.6) is 0 Å². The summed E-state index contributed by atoms with van der Waals surface area (Å²) in [6, 6.07) is 24.8. The summed E-state index contributed by atoms with van der Waals surface area (Å²) in [6.07, 6.45) is 2.27. The first-order valence-corrected chi connectivity index (χ1v) is 9.01. The molecule has 0 saturated heterocycles. The molecule has 5 nitrogen and oxygen atoms in total. The zero-order valence-corrected chi connectivity index (χ0v) is 15.1. The zero-order chi connectivity index (χ0) is 19.3. The van der Waals surface area contributed by atoms with Gasteiger partial charge in [-0.2, -0.15) is 0 Å². The molecule has 5 heteroatoms. The zero-order valence-electron chi connectivity index (χ0n) is 15.1. The molecule has 1 aromatic heterocycles. The minimum absolute atomic E-state index is 0.347. The Morgan fingerprint density at radius 3 is 2.18 bits per heavy atom. The van der Waals surface area contributed by atoms with Gasteiger partial charge in [0.05, 0.1) is 5.56 Å². The first-order chi connectivity index (χ1) is 13.7. The summed E-state index contributed by atoms with van der Waals surface area (Å²) in [5.41, 5.74) is 8.93. The number of hydrogen-bond acceptors (Lipinski definition) is 2. The highest BCUT2D eigenvalue weighted by atomic mass is 16.2. The fourth-order valence-electron chi connectivity index (χ4n) is 3.22. The van der Waals surface area contributed by atoms with Crippen LogP contribution in [0.2, 0.25) is 0 Å². The second-order valence-corrected chi connectivity index (χ2v) is 6.48. The third-order valence-electron chi connectivity index (χ3n) is 4.62. The fourth-order valence-corrected chi connectivity index (χ4v) is 3.22. The van der Waals surface area contributed by atoms with E-state index in [1.165, 1.54) is 0 Å². The molecule has 0 aliphatic carbocycles. The van der Waals surface area contributed by atoms with E-state index in [4.69, 9.17) is 0 Å². The Morgan fingerprint density at radius 2 is 1.36 bits per heavy atom. The van der Waals surface area contributed by atoms with Gasteiger partial charge in [-0.25, -0.2) is 0 Å². The number of amides is 2. The number of fused-ring (bicyclic) bond motifs is 1. The van der Waals surface area contributed by atoms with E-state index in [0.717, 1.165) is 22.0 Å². The number of carbonyl (C=O) groups is 2. The predicted molar refractivity (Wildman–Crippen MR) is 109 cm³/mol. The molecule has 0 aliphatic rings. The van der Waals surface area contributed by atoms with Crippen LogP contribution in [-0.4, -0.2) is 16.8 Å². The van der Waals surface area contributed by atoms with E-state index >= 15 is 0 Å². The third-order valence-corrected chi connectivity index (χ3v) is 4.62. The van der Waals surface area contributed by atoms with E-state index in [0.29, 0.717) is 17.5 Å². The largest absolute Gasteiger partial charge is 0.360 e. The Morgan fingerprint density at radius 1 is 0.714 bits per heavy atom. The van der Waals surface area contributed by atoms with Crippen molar-refractivity contribution in [3.63, 3.8) is 0 Å². The van der Waals surface area contributed by atoms with Crippen LogP contribution in [0, 0.1) is 0 Å². The van der Waals surface area contributed by atoms with Crippen molar-refractivity contribution in [1.29, 1.82) is 0 Å². The monoisotopic (exact) mass is 369 g/mol. The van der Waals surface area contributed by atoms with Crippen LogP contribution in [0.4, 0.5) is 0 Å². The Kier molecular flexibility index (Phi) is 4.89. The third kappa shape index (κ3) is 3.64.